The van der Waals surface area contributed by atoms with Gasteiger partial charge in [-0.25, -0.2) is 4.79 Å². The predicted molar refractivity (Wildman–Crippen MR) is 68.5 cm³/mol. The number of hydrogen-bond donors (Lipinski definition) is 3. The number of nitrogens with zero attached hydrogens (tertiary/aromatic N) is 1. The quantitative estimate of drug-likeness (QED) is 0.584. The van der Waals surface area contributed by atoms with Crippen LogP contribution in [0.2, 0.25) is 0 Å². The number of urea groups is 1. The van der Waals surface area contributed by atoms with Crippen LogP contribution in [0.25, 0.3) is 0 Å². The number of hydrogen-bond acceptors (Lipinski definition) is 3. The molecule has 0 aromatic carbocycles. The molecule has 0 saturated carbocycles. The molecule has 1 aliphatic heterocycles. The molecule has 2 amide bonds. The van der Waals surface area contributed by atoms with Crippen molar-refractivity contribution in [3.05, 3.63) is 0 Å². The standard InChI is InChI=1S/C12H23N3O3/c1-2-13-6-4-7-14-12(18)15-8-3-5-10(15)9-11(16)17/h10,13H,2-9H2,1H3,(H,14,18)(H,16,17). The Labute approximate surface area is 108 Å². The highest BCUT2D eigenvalue weighted by atomic mass is 16.4. The van der Waals surface area contributed by atoms with Crippen molar-refractivity contribution in [2.24, 2.45) is 0 Å². The molecule has 1 rings (SSSR count). The predicted octanol–water partition coefficient (Wildman–Crippen LogP) is 0.635. The molecule has 0 aromatic heterocycles. The minimum atomic E-state index is -0.841. The summed E-state index contributed by atoms with van der Waals surface area (Å²) < 4.78 is 0. The highest BCUT2D eigenvalue weighted by molar-refractivity contribution is 5.76. The number of aliphatic carboxylic acids is 1. The Morgan fingerprint density at radius 2 is 2.17 bits per heavy atom. The molecule has 6 nitrogen and oxygen atoms in total. The molecule has 0 aromatic rings. The molecule has 6 heteroatoms. The maximum absolute atomic E-state index is 11.9. The van der Waals surface area contributed by atoms with E-state index in [1.807, 2.05) is 6.92 Å². The molecule has 104 valence electrons. The summed E-state index contributed by atoms with van der Waals surface area (Å²) in [6.07, 6.45) is 2.61. The normalized spacial score (nSPS) is 18.9. The van der Waals surface area contributed by atoms with Crippen molar-refractivity contribution >= 4 is 12.0 Å². The second kappa shape index (κ2) is 7.92. The molecule has 1 fully saturated rings. The van der Waals surface area contributed by atoms with Gasteiger partial charge in [0.05, 0.1) is 6.42 Å². The number of rotatable bonds is 7. The van der Waals surface area contributed by atoms with Gasteiger partial charge in [0, 0.05) is 19.1 Å². The van der Waals surface area contributed by atoms with Crippen LogP contribution in [0.15, 0.2) is 0 Å². The number of likely N-dealkylation sites (tertiary alicyclic amines) is 1. The number of carboxylic acids is 1. The average molecular weight is 257 g/mol. The van der Waals surface area contributed by atoms with Gasteiger partial charge in [0.2, 0.25) is 0 Å². The van der Waals surface area contributed by atoms with Gasteiger partial charge in [-0.2, -0.15) is 0 Å². The third-order valence-electron chi connectivity index (χ3n) is 3.10. The molecule has 1 saturated heterocycles. The summed E-state index contributed by atoms with van der Waals surface area (Å²) in [5, 5.41) is 14.8. The fraction of sp³-hybridized carbons (Fsp3) is 0.833. The lowest BCUT2D eigenvalue weighted by Gasteiger charge is -2.23. The van der Waals surface area contributed by atoms with Crippen molar-refractivity contribution in [1.82, 2.24) is 15.5 Å². The highest BCUT2D eigenvalue weighted by Gasteiger charge is 2.29. The molecule has 3 N–H and O–H groups in total. The van der Waals surface area contributed by atoms with Crippen molar-refractivity contribution in [2.45, 2.75) is 38.6 Å². The van der Waals surface area contributed by atoms with Gasteiger partial charge in [0.25, 0.3) is 0 Å². The number of carbonyl (C=O) groups excluding carboxylic acids is 1. The van der Waals surface area contributed by atoms with E-state index in [2.05, 4.69) is 10.6 Å². The minimum absolute atomic E-state index is 0.0464. The zero-order valence-electron chi connectivity index (χ0n) is 10.9. The average Bonchev–Trinajstić information content (AvgIpc) is 2.76. The van der Waals surface area contributed by atoms with Gasteiger partial charge in [-0.15, -0.1) is 0 Å². The van der Waals surface area contributed by atoms with Crippen LogP contribution in [-0.2, 0) is 4.79 Å². The van der Waals surface area contributed by atoms with Gasteiger partial charge in [-0.3, -0.25) is 4.79 Å². The number of amides is 2. The first-order valence-electron chi connectivity index (χ1n) is 6.62. The van der Waals surface area contributed by atoms with Crippen molar-refractivity contribution in [2.75, 3.05) is 26.2 Å². The monoisotopic (exact) mass is 257 g/mol. The SMILES string of the molecule is CCNCCCNC(=O)N1CCCC1CC(=O)O. The second-order valence-electron chi connectivity index (χ2n) is 4.53. The van der Waals surface area contributed by atoms with Crippen LogP contribution in [0.3, 0.4) is 0 Å². The minimum Gasteiger partial charge on any atom is -0.481 e. The molecular weight excluding hydrogens is 234 g/mol. The molecule has 1 atom stereocenters. The van der Waals surface area contributed by atoms with Gasteiger partial charge in [-0.05, 0) is 32.4 Å². The Bertz CT molecular complexity index is 284. The maximum atomic E-state index is 11.9. The molecule has 0 radical (unpaired) electrons. The third-order valence-corrected chi connectivity index (χ3v) is 3.10. The number of nitrogens with one attached hydrogen (secondary N) is 2. The Hall–Kier alpha value is -1.30. The van der Waals surface area contributed by atoms with E-state index in [4.69, 9.17) is 5.11 Å². The zero-order chi connectivity index (χ0) is 13.4. The Morgan fingerprint density at radius 1 is 1.39 bits per heavy atom. The summed E-state index contributed by atoms with van der Waals surface area (Å²) in [6, 6.07) is -0.272. The van der Waals surface area contributed by atoms with Crippen LogP contribution in [0.1, 0.15) is 32.6 Å². The van der Waals surface area contributed by atoms with Crippen LogP contribution < -0.4 is 10.6 Å². The molecule has 0 bridgehead atoms. The topological polar surface area (TPSA) is 81.7 Å². The lowest BCUT2D eigenvalue weighted by molar-refractivity contribution is -0.137. The maximum Gasteiger partial charge on any atom is 0.317 e. The molecular formula is C12H23N3O3. The molecule has 1 heterocycles. The van der Waals surface area contributed by atoms with E-state index in [-0.39, 0.29) is 18.5 Å². The fourth-order valence-corrected chi connectivity index (χ4v) is 2.20. The number of carbonyl (C=O) groups is 2. The van der Waals surface area contributed by atoms with Gasteiger partial charge < -0.3 is 20.6 Å². The van der Waals surface area contributed by atoms with Gasteiger partial charge in [0.1, 0.15) is 0 Å². The van der Waals surface area contributed by atoms with Crippen LogP contribution >= 0.6 is 0 Å². The molecule has 18 heavy (non-hydrogen) atoms. The number of carboxylic acid groups (broad SMARTS) is 1. The first-order valence-corrected chi connectivity index (χ1v) is 6.62. The van der Waals surface area contributed by atoms with E-state index in [0.29, 0.717) is 13.1 Å². The Kier molecular flexibility index (Phi) is 6.49. The fourth-order valence-electron chi connectivity index (χ4n) is 2.20. The van der Waals surface area contributed by atoms with Gasteiger partial charge in [-0.1, -0.05) is 6.92 Å². The third kappa shape index (κ3) is 4.91. The smallest absolute Gasteiger partial charge is 0.317 e. The zero-order valence-corrected chi connectivity index (χ0v) is 10.9. The van der Waals surface area contributed by atoms with E-state index < -0.39 is 5.97 Å². The van der Waals surface area contributed by atoms with Crippen LogP contribution in [-0.4, -0.2) is 54.2 Å². The van der Waals surface area contributed by atoms with Crippen LogP contribution in [0.4, 0.5) is 4.79 Å². The van der Waals surface area contributed by atoms with Crippen molar-refractivity contribution in [3.63, 3.8) is 0 Å². The first-order chi connectivity index (χ1) is 8.65. The summed E-state index contributed by atoms with van der Waals surface area (Å²) in [5.74, 6) is -0.841. The molecule has 1 unspecified atom stereocenters. The largest absolute Gasteiger partial charge is 0.481 e. The van der Waals surface area contributed by atoms with Gasteiger partial charge in [0.15, 0.2) is 0 Å². The highest BCUT2D eigenvalue weighted by Crippen LogP contribution is 2.19. The summed E-state index contributed by atoms with van der Waals surface area (Å²) in [7, 11) is 0. The van der Waals surface area contributed by atoms with Crippen LogP contribution in [0, 0.1) is 0 Å². The summed E-state index contributed by atoms with van der Waals surface area (Å²) in [6.45, 7) is 5.15. The Morgan fingerprint density at radius 3 is 2.83 bits per heavy atom. The van der Waals surface area contributed by atoms with E-state index >= 15 is 0 Å². The summed E-state index contributed by atoms with van der Waals surface area (Å²) in [5.41, 5.74) is 0. The Balaban J connectivity index is 2.25. The van der Waals surface area contributed by atoms with E-state index in [1.54, 1.807) is 4.90 Å². The molecule has 0 spiro atoms. The van der Waals surface area contributed by atoms with E-state index in [0.717, 1.165) is 32.4 Å². The lowest BCUT2D eigenvalue weighted by Crippen LogP contribution is -2.44. The van der Waals surface area contributed by atoms with E-state index in [1.165, 1.54) is 0 Å². The second-order valence-corrected chi connectivity index (χ2v) is 4.53. The summed E-state index contributed by atoms with van der Waals surface area (Å²) in [4.78, 5) is 24.2. The van der Waals surface area contributed by atoms with Crippen molar-refractivity contribution in [1.29, 1.82) is 0 Å². The molecule has 0 aliphatic carbocycles. The first kappa shape index (κ1) is 14.8. The molecule has 1 aliphatic rings. The van der Waals surface area contributed by atoms with Gasteiger partial charge >= 0.3 is 12.0 Å². The van der Waals surface area contributed by atoms with Crippen molar-refractivity contribution in [3.8, 4) is 0 Å². The summed E-state index contributed by atoms with van der Waals surface area (Å²) >= 11 is 0. The van der Waals surface area contributed by atoms with Crippen LogP contribution in [0.5, 0.6) is 0 Å². The van der Waals surface area contributed by atoms with Crippen molar-refractivity contribution < 1.29 is 14.7 Å². The lowest BCUT2D eigenvalue weighted by atomic mass is 10.1. The van der Waals surface area contributed by atoms with E-state index in [9.17, 15) is 9.59 Å².